The molecule has 1 aliphatic rings. The highest BCUT2D eigenvalue weighted by Gasteiger charge is 2.33. The minimum absolute atomic E-state index is 0.588. The van der Waals surface area contributed by atoms with Crippen molar-refractivity contribution in [1.82, 2.24) is 9.97 Å². The van der Waals surface area contributed by atoms with E-state index in [1.165, 1.54) is 0 Å². The molecule has 3 heteroatoms. The van der Waals surface area contributed by atoms with Gasteiger partial charge in [0, 0.05) is 12.4 Å². The van der Waals surface area contributed by atoms with Gasteiger partial charge in [-0.2, -0.15) is 5.26 Å². The fourth-order valence-corrected chi connectivity index (χ4v) is 2.88. The maximum Gasteiger partial charge on any atom is 0.152 e. The molecule has 0 spiro atoms. The van der Waals surface area contributed by atoms with Crippen molar-refractivity contribution in [3.05, 3.63) is 77.9 Å². The third kappa shape index (κ3) is 3.28. The Labute approximate surface area is 143 Å². The first-order valence-electron chi connectivity index (χ1n) is 8.45. The molecular weight excluding hydrogens is 294 g/mol. The highest BCUT2D eigenvalue weighted by Crippen LogP contribution is 2.34. The number of unbranched alkanes of at least 4 members (excludes halogenated alkanes) is 1. The second-order valence-corrected chi connectivity index (χ2v) is 6.16. The Bertz CT molecular complexity index is 782. The van der Waals surface area contributed by atoms with Crippen LogP contribution >= 0.6 is 0 Å². The number of nitrogens with zero attached hydrogens (tertiary/aromatic N) is 3. The molecule has 3 nitrogen and oxygen atoms in total. The van der Waals surface area contributed by atoms with E-state index in [4.69, 9.17) is 0 Å². The van der Waals surface area contributed by atoms with E-state index < -0.39 is 5.41 Å². The van der Waals surface area contributed by atoms with Crippen LogP contribution in [-0.2, 0) is 11.8 Å². The molecule has 120 valence electrons. The molecule has 0 N–H and O–H groups in total. The van der Waals surface area contributed by atoms with E-state index in [2.05, 4.69) is 41.2 Å². The quantitative estimate of drug-likeness (QED) is 0.808. The summed E-state index contributed by atoms with van der Waals surface area (Å²) in [5.74, 6) is 0.588. The number of aryl methyl sites for hydroxylation is 1. The summed E-state index contributed by atoms with van der Waals surface area (Å²) in [5.41, 5.74) is 2.67. The summed E-state index contributed by atoms with van der Waals surface area (Å²) < 4.78 is 0. The molecular formula is C21H21N3. The number of aromatic nitrogens is 2. The van der Waals surface area contributed by atoms with Crippen LogP contribution in [0.5, 0.6) is 0 Å². The largest absolute Gasteiger partial charge is 0.239 e. The highest BCUT2D eigenvalue weighted by atomic mass is 14.9. The third-order valence-corrected chi connectivity index (χ3v) is 4.42. The molecule has 1 unspecified atom stereocenters. The Hall–Kier alpha value is -2.73. The lowest BCUT2D eigenvalue weighted by Gasteiger charge is -2.23. The first-order valence-corrected chi connectivity index (χ1v) is 8.45. The monoisotopic (exact) mass is 315 g/mol. The van der Waals surface area contributed by atoms with Crippen LogP contribution in [0.2, 0.25) is 0 Å². The van der Waals surface area contributed by atoms with E-state index in [-0.39, 0.29) is 0 Å². The molecule has 1 aliphatic carbocycles. The smallest absolute Gasteiger partial charge is 0.152 e. The zero-order valence-electron chi connectivity index (χ0n) is 13.9. The van der Waals surface area contributed by atoms with Gasteiger partial charge in [-0.05, 0) is 36.0 Å². The van der Waals surface area contributed by atoms with Crippen molar-refractivity contribution in [2.45, 2.75) is 38.0 Å². The first kappa shape index (κ1) is 16.1. The van der Waals surface area contributed by atoms with Gasteiger partial charge in [-0.15, -0.1) is 0 Å². The minimum atomic E-state index is -0.762. The van der Waals surface area contributed by atoms with Crippen molar-refractivity contribution in [3.8, 4) is 6.07 Å². The van der Waals surface area contributed by atoms with Gasteiger partial charge < -0.3 is 0 Å². The van der Waals surface area contributed by atoms with E-state index in [9.17, 15) is 5.26 Å². The van der Waals surface area contributed by atoms with Crippen LogP contribution in [0, 0.1) is 11.3 Å². The lowest BCUT2D eigenvalue weighted by Crippen LogP contribution is -2.25. The van der Waals surface area contributed by atoms with E-state index in [0.29, 0.717) is 12.2 Å². The molecule has 1 heterocycles. The van der Waals surface area contributed by atoms with Gasteiger partial charge >= 0.3 is 0 Å². The molecule has 0 aliphatic heterocycles. The lowest BCUT2D eigenvalue weighted by atomic mass is 9.79. The van der Waals surface area contributed by atoms with Gasteiger partial charge in [-0.3, -0.25) is 0 Å². The average molecular weight is 315 g/mol. The molecule has 1 atom stereocenters. The number of nitriles is 1. The fraction of sp³-hybridized carbons (Fsp3) is 0.286. The SMILES string of the molecule is CCCCc1cnc(C2(C#N)C=CC(c3ccccc3)=CC2)nc1. The topological polar surface area (TPSA) is 49.6 Å². The second-order valence-electron chi connectivity index (χ2n) is 6.16. The number of rotatable bonds is 5. The maximum atomic E-state index is 9.75. The van der Waals surface area contributed by atoms with E-state index in [1.807, 2.05) is 42.7 Å². The minimum Gasteiger partial charge on any atom is -0.239 e. The highest BCUT2D eigenvalue weighted by molar-refractivity contribution is 5.76. The molecule has 0 fully saturated rings. The normalized spacial score (nSPS) is 19.6. The molecule has 0 bridgehead atoms. The van der Waals surface area contributed by atoms with Gasteiger partial charge in [0.05, 0.1) is 6.07 Å². The summed E-state index contributed by atoms with van der Waals surface area (Å²) in [5, 5.41) is 9.75. The zero-order chi connectivity index (χ0) is 16.8. The van der Waals surface area contributed by atoms with Crippen molar-refractivity contribution in [1.29, 1.82) is 5.26 Å². The molecule has 24 heavy (non-hydrogen) atoms. The second kappa shape index (κ2) is 7.23. The predicted octanol–water partition coefficient (Wildman–Crippen LogP) is 4.62. The van der Waals surface area contributed by atoms with Crippen molar-refractivity contribution in [2.24, 2.45) is 0 Å². The summed E-state index contributed by atoms with van der Waals surface area (Å²) in [6, 6.07) is 12.6. The lowest BCUT2D eigenvalue weighted by molar-refractivity contribution is 0.633. The van der Waals surface area contributed by atoms with Gasteiger partial charge in [0.25, 0.3) is 0 Å². The number of hydrogen-bond donors (Lipinski definition) is 0. The number of hydrogen-bond acceptors (Lipinski definition) is 3. The van der Waals surface area contributed by atoms with Crippen molar-refractivity contribution in [3.63, 3.8) is 0 Å². The summed E-state index contributed by atoms with van der Waals surface area (Å²) in [7, 11) is 0. The van der Waals surface area contributed by atoms with E-state index in [0.717, 1.165) is 36.0 Å². The fourth-order valence-electron chi connectivity index (χ4n) is 2.88. The molecule has 0 saturated carbocycles. The van der Waals surface area contributed by atoms with Crippen LogP contribution in [0.4, 0.5) is 0 Å². The Morgan fingerprint density at radius 1 is 1.17 bits per heavy atom. The zero-order valence-corrected chi connectivity index (χ0v) is 13.9. The van der Waals surface area contributed by atoms with Crippen molar-refractivity contribution >= 4 is 5.57 Å². The van der Waals surface area contributed by atoms with Crippen LogP contribution in [0.25, 0.3) is 5.57 Å². The molecule has 0 amide bonds. The van der Waals surface area contributed by atoms with Gasteiger partial charge in [0.15, 0.2) is 5.82 Å². The van der Waals surface area contributed by atoms with Gasteiger partial charge in [0.1, 0.15) is 5.41 Å². The van der Waals surface area contributed by atoms with E-state index >= 15 is 0 Å². The summed E-state index contributed by atoms with van der Waals surface area (Å²) in [6.07, 6.45) is 13.7. The summed E-state index contributed by atoms with van der Waals surface area (Å²) >= 11 is 0. The van der Waals surface area contributed by atoms with Crippen LogP contribution in [0.3, 0.4) is 0 Å². The Balaban J connectivity index is 1.81. The molecule has 1 aromatic heterocycles. The Morgan fingerprint density at radius 3 is 2.50 bits per heavy atom. The average Bonchev–Trinajstić information content (AvgIpc) is 2.67. The molecule has 2 aromatic rings. The molecule has 3 rings (SSSR count). The van der Waals surface area contributed by atoms with E-state index in [1.54, 1.807) is 0 Å². The van der Waals surface area contributed by atoms with Crippen molar-refractivity contribution in [2.75, 3.05) is 0 Å². The predicted molar refractivity (Wildman–Crippen MR) is 96.1 cm³/mol. The maximum absolute atomic E-state index is 9.75. The Morgan fingerprint density at radius 2 is 1.92 bits per heavy atom. The first-order chi connectivity index (χ1) is 11.8. The number of allylic oxidation sites excluding steroid dienone is 4. The van der Waals surface area contributed by atoms with Crippen LogP contribution in [0.15, 0.2) is 61.0 Å². The van der Waals surface area contributed by atoms with Gasteiger partial charge in [-0.25, -0.2) is 9.97 Å². The van der Waals surface area contributed by atoms with Crippen LogP contribution < -0.4 is 0 Å². The van der Waals surface area contributed by atoms with Crippen molar-refractivity contribution < 1.29 is 0 Å². The van der Waals surface area contributed by atoms with Gasteiger partial charge in [0.2, 0.25) is 0 Å². The molecule has 1 aromatic carbocycles. The summed E-state index contributed by atoms with van der Waals surface area (Å²) in [6.45, 7) is 2.17. The Kier molecular flexibility index (Phi) is 4.86. The van der Waals surface area contributed by atoms with Crippen LogP contribution in [0.1, 0.15) is 43.1 Å². The van der Waals surface area contributed by atoms with Crippen LogP contribution in [-0.4, -0.2) is 9.97 Å². The molecule has 0 saturated heterocycles. The standard InChI is InChI=1S/C21H21N3/c1-2-3-7-17-14-23-20(24-15-17)21(16-22)12-10-19(11-13-21)18-8-5-4-6-9-18/h4-6,8-12,14-15H,2-3,7,13H2,1H3. The molecule has 0 radical (unpaired) electrons. The third-order valence-electron chi connectivity index (χ3n) is 4.42. The van der Waals surface area contributed by atoms with Gasteiger partial charge in [-0.1, -0.05) is 61.9 Å². The number of benzene rings is 1. The summed E-state index contributed by atoms with van der Waals surface area (Å²) in [4.78, 5) is 8.96.